The second-order valence-electron chi connectivity index (χ2n) is 15.7. The number of hydrogen-bond acceptors (Lipinski definition) is 0. The molecule has 0 nitrogen and oxygen atoms in total. The van der Waals surface area contributed by atoms with Crippen molar-refractivity contribution >= 4 is 28.0 Å². The van der Waals surface area contributed by atoms with Gasteiger partial charge in [-0.2, -0.15) is 0 Å². The molecule has 0 spiro atoms. The van der Waals surface area contributed by atoms with Crippen LogP contribution in [0.25, 0.3) is 11.1 Å². The SMILES string of the molecule is Cc1cc2c(cc1C(C)(C)C)-c1cc(C(C)(C)C)c(C)cc1[CH]2[Zr]([C]1=CC=CC1)=[C](c1cccc(C(F)(F)F)c1)c1cccc(C(F)(F)F)c1.Cl.Cl. The van der Waals surface area contributed by atoms with E-state index < -0.39 is 44.7 Å². The van der Waals surface area contributed by atoms with Gasteiger partial charge in [0.2, 0.25) is 0 Å². The molecule has 0 heterocycles. The minimum Gasteiger partial charge on any atom is -0.147 e. The number of halogens is 8. The van der Waals surface area contributed by atoms with Gasteiger partial charge in [0.1, 0.15) is 0 Å². The number of hydrogen-bond donors (Lipinski definition) is 0. The van der Waals surface area contributed by atoms with E-state index in [1.165, 1.54) is 23.3 Å². The Morgan fingerprint density at radius 1 is 0.615 bits per heavy atom. The van der Waals surface area contributed by atoms with Gasteiger partial charge in [-0.15, -0.1) is 24.8 Å². The summed E-state index contributed by atoms with van der Waals surface area (Å²) in [7, 11) is 0. The van der Waals surface area contributed by atoms with Gasteiger partial charge in [0.05, 0.1) is 0 Å². The van der Waals surface area contributed by atoms with E-state index in [4.69, 9.17) is 0 Å². The van der Waals surface area contributed by atoms with E-state index in [9.17, 15) is 26.3 Å². The molecule has 2 aliphatic carbocycles. The summed E-state index contributed by atoms with van der Waals surface area (Å²) in [4.78, 5) is 0. The molecule has 9 heteroatoms. The molecule has 4 aromatic carbocycles. The average molecular weight is 837 g/mol. The molecule has 0 radical (unpaired) electrons. The number of alkyl halides is 6. The Bertz CT molecular complexity index is 1980. The topological polar surface area (TPSA) is 0 Å². The zero-order chi connectivity index (χ0) is 36.6. The summed E-state index contributed by atoms with van der Waals surface area (Å²) < 4.78 is 87.1. The van der Waals surface area contributed by atoms with E-state index in [1.54, 1.807) is 12.1 Å². The van der Waals surface area contributed by atoms with E-state index in [0.717, 1.165) is 60.9 Å². The van der Waals surface area contributed by atoms with E-state index in [2.05, 4.69) is 85.7 Å². The normalized spacial score (nSPS) is 14.3. The molecule has 0 bridgehead atoms. The molecule has 2 aliphatic rings. The van der Waals surface area contributed by atoms with Crippen molar-refractivity contribution in [1.29, 1.82) is 0 Å². The largest absolute Gasteiger partial charge is 0.147 e. The van der Waals surface area contributed by atoms with E-state index >= 15 is 0 Å². The van der Waals surface area contributed by atoms with Crippen LogP contribution in [0.4, 0.5) is 26.3 Å². The van der Waals surface area contributed by atoms with Crippen LogP contribution in [0.1, 0.15) is 107 Å². The summed E-state index contributed by atoms with van der Waals surface area (Å²) >= 11 is -3.59. The van der Waals surface area contributed by atoms with Crippen molar-refractivity contribution in [3.05, 3.63) is 150 Å². The zero-order valence-electron chi connectivity index (χ0n) is 30.5. The molecular weight excluding hydrogens is 793 g/mol. The molecule has 4 aromatic rings. The molecule has 276 valence electrons. The van der Waals surface area contributed by atoms with Crippen molar-refractivity contribution in [3.63, 3.8) is 0 Å². The van der Waals surface area contributed by atoms with Crippen LogP contribution in [0.15, 0.2) is 94.3 Å². The van der Waals surface area contributed by atoms with Crippen LogP contribution in [-0.2, 0) is 44.4 Å². The van der Waals surface area contributed by atoms with Crippen molar-refractivity contribution in [2.75, 3.05) is 0 Å². The standard InChI is InChI=1S/C23H29.C15H8F6.C5H5.2ClH.Zr/c1-14-9-16-11-17-10-15(2)21(23(6,7)8)13-19(17)18(16)12-20(14)22(3,4)5;16-14(17,18)12-5-1-3-10(8-12)7-11-4-2-6-13(9-11)15(19,20)21;1-2-4-5-3-1;;;/h9-13H,1-8H3;1-6,8-9H;1-3H,4H2;2*1H;. The summed E-state index contributed by atoms with van der Waals surface area (Å²) in [5.41, 5.74) is 7.92. The first kappa shape index (κ1) is 42.0. The fourth-order valence-electron chi connectivity index (χ4n) is 7.82. The third-order valence-electron chi connectivity index (χ3n) is 9.95. The molecular formula is C43H44Cl2F6Zr. The Morgan fingerprint density at radius 2 is 1.04 bits per heavy atom. The Hall–Kier alpha value is -2.73. The van der Waals surface area contributed by atoms with Crippen LogP contribution < -0.4 is 0 Å². The number of aryl methyl sites for hydroxylation is 2. The molecule has 0 N–H and O–H groups in total. The number of rotatable bonds is 4. The fourth-order valence-corrected chi connectivity index (χ4v) is 16.7. The first-order valence-electron chi connectivity index (χ1n) is 16.9. The summed E-state index contributed by atoms with van der Waals surface area (Å²) in [5.74, 6) is 0. The maximum absolute atomic E-state index is 14.2. The Labute approximate surface area is 323 Å². The summed E-state index contributed by atoms with van der Waals surface area (Å²) in [5, 5.41) is 0. The third-order valence-corrected chi connectivity index (χ3v) is 18.3. The second-order valence-corrected chi connectivity index (χ2v) is 22.0. The maximum atomic E-state index is 14.2. The van der Waals surface area contributed by atoms with Crippen molar-refractivity contribution in [2.24, 2.45) is 0 Å². The zero-order valence-corrected chi connectivity index (χ0v) is 34.6. The molecule has 52 heavy (non-hydrogen) atoms. The molecule has 0 aromatic heterocycles. The van der Waals surface area contributed by atoms with Crippen molar-refractivity contribution < 1.29 is 47.6 Å². The average Bonchev–Trinajstić information content (AvgIpc) is 3.63. The van der Waals surface area contributed by atoms with Gasteiger partial charge in [0.15, 0.2) is 0 Å². The van der Waals surface area contributed by atoms with E-state index in [0.29, 0.717) is 20.8 Å². The van der Waals surface area contributed by atoms with Gasteiger partial charge in [0.25, 0.3) is 0 Å². The predicted molar refractivity (Wildman–Crippen MR) is 203 cm³/mol. The molecule has 0 saturated heterocycles. The Balaban J connectivity index is 0.00000302. The Morgan fingerprint density at radius 3 is 1.38 bits per heavy atom. The van der Waals surface area contributed by atoms with Crippen LogP contribution in [0.5, 0.6) is 0 Å². The predicted octanol–water partition coefficient (Wildman–Crippen LogP) is 13.6. The van der Waals surface area contributed by atoms with Gasteiger partial charge < -0.3 is 0 Å². The monoisotopic (exact) mass is 834 g/mol. The van der Waals surface area contributed by atoms with Crippen LogP contribution in [0, 0.1) is 13.8 Å². The summed E-state index contributed by atoms with van der Waals surface area (Å²) in [6, 6.07) is 19.5. The fraction of sp³-hybridized carbons (Fsp3) is 0.326. The van der Waals surface area contributed by atoms with Crippen molar-refractivity contribution in [2.45, 2.75) is 88.6 Å². The molecule has 0 fully saturated rings. The van der Waals surface area contributed by atoms with Crippen LogP contribution in [0.2, 0.25) is 0 Å². The maximum Gasteiger partial charge on any atom is -0.147 e. The van der Waals surface area contributed by atoms with Gasteiger partial charge in [-0.1, -0.05) is 0 Å². The van der Waals surface area contributed by atoms with Crippen molar-refractivity contribution in [3.8, 4) is 11.1 Å². The van der Waals surface area contributed by atoms with Gasteiger partial charge in [-0.3, -0.25) is 0 Å². The smallest absolute Gasteiger partial charge is 0.147 e. The molecule has 0 amide bonds. The van der Waals surface area contributed by atoms with Crippen LogP contribution in [-0.4, -0.2) is 3.21 Å². The van der Waals surface area contributed by atoms with E-state index in [1.807, 2.05) is 12.2 Å². The number of fused-ring (bicyclic) bond motifs is 3. The minimum absolute atomic E-state index is 0. The third kappa shape index (κ3) is 8.03. The first-order valence-corrected chi connectivity index (χ1v) is 20.8. The molecule has 6 rings (SSSR count). The minimum atomic E-state index is -4.61. The molecule has 0 unspecified atom stereocenters. The molecule has 0 saturated carbocycles. The van der Waals surface area contributed by atoms with Gasteiger partial charge in [-0.25, -0.2) is 0 Å². The second kappa shape index (κ2) is 14.8. The van der Waals surface area contributed by atoms with Crippen LogP contribution in [0.3, 0.4) is 0 Å². The first-order chi connectivity index (χ1) is 23.2. The molecule has 0 atom stereocenters. The number of allylic oxidation sites excluding steroid dienone is 4. The van der Waals surface area contributed by atoms with Crippen molar-refractivity contribution in [1.82, 2.24) is 0 Å². The summed E-state index contributed by atoms with van der Waals surface area (Å²) in [6.07, 6.45) is -2.51. The quantitative estimate of drug-likeness (QED) is 0.180. The Kier molecular flexibility index (Phi) is 12.0. The van der Waals surface area contributed by atoms with Gasteiger partial charge >= 0.3 is 301 Å². The van der Waals surface area contributed by atoms with E-state index in [-0.39, 0.29) is 39.3 Å². The van der Waals surface area contributed by atoms with Crippen LogP contribution >= 0.6 is 24.8 Å². The molecule has 0 aliphatic heterocycles. The van der Waals surface area contributed by atoms with Gasteiger partial charge in [-0.05, 0) is 0 Å². The summed E-state index contributed by atoms with van der Waals surface area (Å²) in [6.45, 7) is 17.3. The van der Waals surface area contributed by atoms with Gasteiger partial charge in [0, 0.05) is 0 Å². The number of benzene rings is 4.